The van der Waals surface area contributed by atoms with Crippen LogP contribution in [0, 0.1) is 0 Å². The molecule has 12 heavy (non-hydrogen) atoms. The van der Waals surface area contributed by atoms with Crippen LogP contribution in [0.1, 0.15) is 6.42 Å². The number of nitrogens with two attached hydrogens (primary N) is 1. The van der Waals surface area contributed by atoms with Gasteiger partial charge in [-0.1, -0.05) is 0 Å². The molecule has 1 amide bonds. The number of hydrogen-bond donors (Lipinski definition) is 2. The Labute approximate surface area is 69.9 Å². The second kappa shape index (κ2) is 2.53. The summed E-state index contributed by atoms with van der Waals surface area (Å²) in [6.07, 6.45) is 0.435. The zero-order valence-corrected chi connectivity index (χ0v) is 6.62. The summed E-state index contributed by atoms with van der Waals surface area (Å²) in [5.74, 6) is -0.578. The number of amides is 1. The van der Waals surface area contributed by atoms with Crippen molar-refractivity contribution in [1.29, 1.82) is 0 Å². The zero-order chi connectivity index (χ0) is 8.72. The predicted molar refractivity (Wildman–Crippen MR) is 41.1 cm³/mol. The number of primary amides is 1. The maximum Gasteiger partial charge on any atom is 0.242 e. The van der Waals surface area contributed by atoms with E-state index in [1.54, 1.807) is 4.90 Å². The maximum atomic E-state index is 11.3. The molecule has 3 N–H and O–H groups in total. The van der Waals surface area contributed by atoms with Crippen molar-refractivity contribution in [3.63, 3.8) is 0 Å². The first-order chi connectivity index (χ1) is 5.68. The van der Waals surface area contributed by atoms with E-state index in [1.165, 1.54) is 0 Å². The Morgan fingerprint density at radius 2 is 2.42 bits per heavy atom. The van der Waals surface area contributed by atoms with E-state index in [4.69, 9.17) is 5.73 Å². The Morgan fingerprint density at radius 1 is 1.67 bits per heavy atom. The molecule has 0 aromatic rings. The van der Waals surface area contributed by atoms with Gasteiger partial charge in [-0.2, -0.15) is 0 Å². The molecule has 2 rings (SSSR count). The smallest absolute Gasteiger partial charge is 0.242 e. The van der Waals surface area contributed by atoms with Gasteiger partial charge in [-0.3, -0.25) is 19.8 Å². The Bertz CT molecular complexity index is 241. The van der Waals surface area contributed by atoms with Gasteiger partial charge in [0.05, 0.1) is 0 Å². The van der Waals surface area contributed by atoms with Crippen LogP contribution in [0.5, 0.6) is 0 Å². The Morgan fingerprint density at radius 3 is 3.08 bits per heavy atom. The van der Waals surface area contributed by atoms with Gasteiger partial charge in [0, 0.05) is 25.7 Å². The van der Waals surface area contributed by atoms with Crippen LogP contribution in [-0.4, -0.2) is 41.9 Å². The third kappa shape index (κ3) is 1.02. The molecular formula is C7H11N3O2. The normalized spacial score (nSPS) is 40.0. The predicted octanol–water partition coefficient (Wildman–Crippen LogP) is -1.96. The summed E-state index contributed by atoms with van der Waals surface area (Å²) in [5.41, 5.74) is 5.11. The van der Waals surface area contributed by atoms with Crippen LogP contribution in [0.3, 0.4) is 0 Å². The molecule has 2 heterocycles. The lowest BCUT2D eigenvalue weighted by atomic mass is 9.99. The fourth-order valence-corrected chi connectivity index (χ4v) is 1.89. The SMILES string of the molecule is NC(=O)C1C(=O)CC2CN1CN2. The van der Waals surface area contributed by atoms with E-state index in [0.717, 1.165) is 6.54 Å². The van der Waals surface area contributed by atoms with Gasteiger partial charge < -0.3 is 5.73 Å². The van der Waals surface area contributed by atoms with Gasteiger partial charge in [0.2, 0.25) is 5.91 Å². The summed E-state index contributed by atoms with van der Waals surface area (Å²) in [5, 5.41) is 3.13. The first-order valence-corrected chi connectivity index (χ1v) is 3.98. The molecule has 0 aromatic heterocycles. The lowest BCUT2D eigenvalue weighted by Crippen LogP contribution is -2.52. The first-order valence-electron chi connectivity index (χ1n) is 3.98. The minimum Gasteiger partial charge on any atom is -0.368 e. The summed E-state index contributed by atoms with van der Waals surface area (Å²) in [6.45, 7) is 1.36. The van der Waals surface area contributed by atoms with Gasteiger partial charge in [0.1, 0.15) is 6.04 Å². The summed E-state index contributed by atoms with van der Waals surface area (Å²) < 4.78 is 0. The van der Waals surface area contributed by atoms with Crippen LogP contribution >= 0.6 is 0 Å². The fraction of sp³-hybridized carbons (Fsp3) is 0.714. The van der Waals surface area contributed by atoms with Gasteiger partial charge in [0.15, 0.2) is 5.78 Å². The van der Waals surface area contributed by atoms with Gasteiger partial charge in [-0.15, -0.1) is 0 Å². The molecule has 5 nitrogen and oxygen atoms in total. The van der Waals surface area contributed by atoms with E-state index in [9.17, 15) is 9.59 Å². The molecule has 3 atom stereocenters. The first kappa shape index (κ1) is 7.70. The van der Waals surface area contributed by atoms with Crippen molar-refractivity contribution in [3.05, 3.63) is 0 Å². The summed E-state index contributed by atoms with van der Waals surface area (Å²) in [7, 11) is 0. The molecule has 5 heteroatoms. The van der Waals surface area contributed by atoms with Gasteiger partial charge in [0.25, 0.3) is 0 Å². The number of ketones is 1. The van der Waals surface area contributed by atoms with Crippen molar-refractivity contribution in [3.8, 4) is 0 Å². The molecule has 66 valence electrons. The number of carbonyl (C=O) groups is 2. The Hall–Kier alpha value is -0.940. The van der Waals surface area contributed by atoms with Crippen LogP contribution in [0.2, 0.25) is 0 Å². The fourth-order valence-electron chi connectivity index (χ4n) is 1.89. The Kier molecular flexibility index (Phi) is 1.62. The highest BCUT2D eigenvalue weighted by Crippen LogP contribution is 2.17. The number of nitrogens with zero attached hydrogens (tertiary/aromatic N) is 1. The molecule has 2 aliphatic rings. The molecule has 2 bridgehead atoms. The minimum atomic E-state index is -0.684. The summed E-state index contributed by atoms with van der Waals surface area (Å²) in [4.78, 5) is 24.0. The van der Waals surface area contributed by atoms with Gasteiger partial charge in [-0.05, 0) is 0 Å². The van der Waals surface area contributed by atoms with E-state index in [2.05, 4.69) is 5.32 Å². The maximum absolute atomic E-state index is 11.3. The lowest BCUT2D eigenvalue weighted by Gasteiger charge is -2.26. The molecule has 0 aromatic carbocycles. The second-order valence-electron chi connectivity index (χ2n) is 3.31. The van der Waals surface area contributed by atoms with Crippen molar-refractivity contribution >= 4 is 11.7 Å². The van der Waals surface area contributed by atoms with E-state index in [1.807, 2.05) is 0 Å². The number of fused-ring (bicyclic) bond motifs is 2. The van der Waals surface area contributed by atoms with E-state index >= 15 is 0 Å². The summed E-state index contributed by atoms with van der Waals surface area (Å²) in [6, 6.07) is -0.454. The van der Waals surface area contributed by atoms with Crippen molar-refractivity contribution < 1.29 is 9.59 Å². The monoisotopic (exact) mass is 169 g/mol. The molecular weight excluding hydrogens is 158 g/mol. The van der Waals surface area contributed by atoms with Gasteiger partial charge in [-0.25, -0.2) is 0 Å². The molecule has 0 aliphatic carbocycles. The third-order valence-electron chi connectivity index (χ3n) is 2.43. The number of carbonyl (C=O) groups excluding carboxylic acids is 2. The minimum absolute atomic E-state index is 0.0521. The average Bonchev–Trinajstić information content (AvgIpc) is 2.31. The number of hydrogen-bond acceptors (Lipinski definition) is 4. The average molecular weight is 169 g/mol. The number of rotatable bonds is 1. The van der Waals surface area contributed by atoms with Gasteiger partial charge >= 0.3 is 0 Å². The van der Waals surface area contributed by atoms with E-state index < -0.39 is 11.9 Å². The van der Waals surface area contributed by atoms with Crippen LogP contribution in [0.25, 0.3) is 0 Å². The third-order valence-corrected chi connectivity index (χ3v) is 2.43. The van der Waals surface area contributed by atoms with Crippen LogP contribution in [0.4, 0.5) is 0 Å². The topological polar surface area (TPSA) is 75.4 Å². The van der Waals surface area contributed by atoms with Crippen LogP contribution < -0.4 is 11.1 Å². The molecule has 2 fully saturated rings. The molecule has 2 saturated heterocycles. The lowest BCUT2D eigenvalue weighted by molar-refractivity contribution is -0.135. The van der Waals surface area contributed by atoms with Crippen LogP contribution in [0.15, 0.2) is 0 Å². The highest BCUT2D eigenvalue weighted by Gasteiger charge is 2.41. The van der Waals surface area contributed by atoms with Crippen molar-refractivity contribution in [2.24, 2.45) is 5.73 Å². The molecule has 2 aliphatic heterocycles. The second-order valence-corrected chi connectivity index (χ2v) is 3.31. The number of piperidine rings is 1. The molecule has 3 unspecified atom stereocenters. The van der Waals surface area contributed by atoms with Crippen LogP contribution in [-0.2, 0) is 9.59 Å². The largest absolute Gasteiger partial charge is 0.368 e. The van der Waals surface area contributed by atoms with E-state index in [0.29, 0.717) is 13.1 Å². The zero-order valence-electron chi connectivity index (χ0n) is 6.62. The van der Waals surface area contributed by atoms with Crippen molar-refractivity contribution in [1.82, 2.24) is 10.2 Å². The van der Waals surface area contributed by atoms with Crippen molar-refractivity contribution in [2.45, 2.75) is 18.5 Å². The highest BCUT2D eigenvalue weighted by atomic mass is 16.2. The standard InChI is InChI=1S/C7H11N3O2/c8-7(12)6-5(11)1-4-2-10(6)3-9-4/h4,6,9H,1-3H2,(H2,8,12). The quantitative estimate of drug-likeness (QED) is 0.447. The Balaban J connectivity index is 2.21. The van der Waals surface area contributed by atoms with E-state index in [-0.39, 0.29) is 11.8 Å². The van der Waals surface area contributed by atoms with Crippen molar-refractivity contribution in [2.75, 3.05) is 13.2 Å². The molecule has 0 radical (unpaired) electrons. The number of Topliss-reactive ketones (excluding diaryl/α,β-unsaturated/α-hetero) is 1. The molecule has 0 saturated carbocycles. The number of nitrogens with one attached hydrogen (secondary N) is 1. The molecule has 0 spiro atoms. The highest BCUT2D eigenvalue weighted by molar-refractivity contribution is 6.05. The summed E-state index contributed by atoms with van der Waals surface area (Å²) >= 11 is 0.